The predicted octanol–water partition coefficient (Wildman–Crippen LogP) is 2.25. The van der Waals surface area contributed by atoms with Gasteiger partial charge in [0, 0.05) is 50.6 Å². The van der Waals surface area contributed by atoms with Crippen LogP contribution in [0.15, 0.2) is 10.4 Å². The van der Waals surface area contributed by atoms with Gasteiger partial charge in [-0.1, -0.05) is 6.92 Å². The van der Waals surface area contributed by atoms with Gasteiger partial charge in [0.15, 0.2) is 11.7 Å². The molecule has 1 saturated heterocycles. The third-order valence-corrected chi connectivity index (χ3v) is 5.56. The lowest BCUT2D eigenvalue weighted by molar-refractivity contribution is -0.140. The number of hydrogen-bond acceptors (Lipinski definition) is 5. The highest BCUT2D eigenvalue weighted by molar-refractivity contribution is 7.09. The number of nitrogens with zero attached hydrogens (tertiary/aromatic N) is 3. The fourth-order valence-electron chi connectivity index (χ4n) is 3.09. The Bertz CT molecular complexity index is 686. The number of amides is 1. The number of carbonyl (C=O) groups excluding carboxylic acids is 1. The second-order valence-corrected chi connectivity index (χ2v) is 8.12. The molecule has 0 aromatic carbocycles. The van der Waals surface area contributed by atoms with Gasteiger partial charge in [0.2, 0.25) is 5.91 Å². The highest BCUT2D eigenvalue weighted by Gasteiger charge is 2.33. The molecule has 3 N–H and O–H groups in total. The summed E-state index contributed by atoms with van der Waals surface area (Å²) in [5, 5.41) is 10.9. The van der Waals surface area contributed by atoms with Gasteiger partial charge in [0.05, 0.1) is 11.6 Å². The lowest BCUT2D eigenvalue weighted by atomic mass is 10.1. The number of thiazole rings is 1. The van der Waals surface area contributed by atoms with E-state index in [4.69, 9.17) is 0 Å². The lowest BCUT2D eigenvalue weighted by Crippen LogP contribution is -2.50. The Hall–Kier alpha value is -1.88. The molecule has 0 spiro atoms. The number of rotatable bonds is 9. The van der Waals surface area contributed by atoms with Crippen LogP contribution in [0.5, 0.6) is 0 Å². The highest BCUT2D eigenvalue weighted by Crippen LogP contribution is 2.30. The van der Waals surface area contributed by atoms with Gasteiger partial charge in [0.1, 0.15) is 0 Å². The summed E-state index contributed by atoms with van der Waals surface area (Å²) in [7, 11) is 0. The molecule has 0 aliphatic carbocycles. The van der Waals surface area contributed by atoms with Crippen LogP contribution in [-0.4, -0.2) is 67.1 Å². The topological polar surface area (TPSA) is 81.7 Å². The van der Waals surface area contributed by atoms with Gasteiger partial charge in [0.25, 0.3) is 0 Å². The Morgan fingerprint density at radius 1 is 1.30 bits per heavy atom. The number of hydrogen-bond donors (Lipinski definition) is 3. The molecule has 2 rings (SSSR count). The first kappa shape index (κ1) is 24.4. The van der Waals surface area contributed by atoms with E-state index in [0.29, 0.717) is 43.6 Å². The van der Waals surface area contributed by atoms with Crippen molar-refractivity contribution in [2.24, 2.45) is 4.99 Å². The zero-order chi connectivity index (χ0) is 22.0. The average molecular weight is 449 g/mol. The SMILES string of the molecule is CCCNC(=O)CN1CCC(NC(=NCCc2nc(C(F)(F)F)cs2)NCC)CC1. The molecule has 7 nitrogen and oxygen atoms in total. The quantitative estimate of drug-likeness (QED) is 0.399. The molecule has 1 fully saturated rings. The Labute approximate surface area is 179 Å². The van der Waals surface area contributed by atoms with Crippen molar-refractivity contribution in [2.45, 2.75) is 51.7 Å². The Morgan fingerprint density at radius 2 is 2.03 bits per heavy atom. The van der Waals surface area contributed by atoms with Gasteiger partial charge < -0.3 is 16.0 Å². The van der Waals surface area contributed by atoms with Gasteiger partial charge in [-0.05, 0) is 26.2 Å². The van der Waals surface area contributed by atoms with E-state index in [-0.39, 0.29) is 11.9 Å². The number of carbonyl (C=O) groups is 1. The maximum atomic E-state index is 12.6. The van der Waals surface area contributed by atoms with Crippen LogP contribution >= 0.6 is 11.3 Å². The van der Waals surface area contributed by atoms with E-state index in [9.17, 15) is 18.0 Å². The van der Waals surface area contributed by atoms with Gasteiger partial charge in [-0.25, -0.2) is 4.98 Å². The molecule has 11 heteroatoms. The van der Waals surface area contributed by atoms with Gasteiger partial charge >= 0.3 is 6.18 Å². The van der Waals surface area contributed by atoms with Crippen LogP contribution in [0.1, 0.15) is 43.8 Å². The van der Waals surface area contributed by atoms with Crippen molar-refractivity contribution in [3.05, 3.63) is 16.1 Å². The molecule has 1 amide bonds. The lowest BCUT2D eigenvalue weighted by Gasteiger charge is -2.32. The van der Waals surface area contributed by atoms with Crippen molar-refractivity contribution in [1.29, 1.82) is 0 Å². The Balaban J connectivity index is 1.77. The predicted molar refractivity (Wildman–Crippen MR) is 113 cm³/mol. The second-order valence-electron chi connectivity index (χ2n) is 7.18. The van der Waals surface area contributed by atoms with E-state index >= 15 is 0 Å². The van der Waals surface area contributed by atoms with Gasteiger partial charge in [-0.3, -0.25) is 14.7 Å². The number of aromatic nitrogens is 1. The fraction of sp³-hybridized carbons (Fsp3) is 0.737. The van der Waals surface area contributed by atoms with E-state index in [1.807, 2.05) is 13.8 Å². The Kier molecular flexibility index (Phi) is 9.83. The summed E-state index contributed by atoms with van der Waals surface area (Å²) in [5.74, 6) is 0.721. The molecule has 0 atom stereocenters. The Morgan fingerprint density at radius 3 is 2.63 bits per heavy atom. The third kappa shape index (κ3) is 8.47. The van der Waals surface area contributed by atoms with Crippen molar-refractivity contribution in [3.8, 4) is 0 Å². The molecule has 0 saturated carbocycles. The number of aliphatic imine (C=N–C) groups is 1. The molecular weight excluding hydrogens is 417 g/mol. The molecule has 0 radical (unpaired) electrons. The fourth-order valence-corrected chi connectivity index (χ4v) is 3.89. The molecule has 0 bridgehead atoms. The zero-order valence-corrected chi connectivity index (χ0v) is 18.3. The molecule has 1 aromatic rings. The van der Waals surface area contributed by atoms with E-state index in [1.165, 1.54) is 0 Å². The molecule has 2 heterocycles. The standard InChI is InChI=1S/C19H31F3N6OS/c1-3-8-24-16(29)12-28-10-6-14(7-11-28)26-18(23-4-2)25-9-5-17-27-15(13-30-17)19(20,21)22/h13-14H,3-12H2,1-2H3,(H,24,29)(H2,23,25,26). The molecule has 0 unspecified atom stereocenters. The van der Waals surface area contributed by atoms with Gasteiger partial charge in [-0.2, -0.15) is 13.2 Å². The summed E-state index contributed by atoms with van der Waals surface area (Å²) in [6, 6.07) is 0.245. The zero-order valence-electron chi connectivity index (χ0n) is 17.5. The van der Waals surface area contributed by atoms with E-state index in [0.717, 1.165) is 49.1 Å². The number of likely N-dealkylation sites (tertiary alicyclic amines) is 1. The maximum absolute atomic E-state index is 12.6. The molecule has 1 aromatic heterocycles. The van der Waals surface area contributed by atoms with Gasteiger partial charge in [-0.15, -0.1) is 11.3 Å². The first-order chi connectivity index (χ1) is 14.3. The molecule has 170 valence electrons. The van der Waals surface area contributed by atoms with Crippen molar-refractivity contribution in [1.82, 2.24) is 25.8 Å². The number of guanidine groups is 1. The van der Waals surface area contributed by atoms with Crippen molar-refractivity contribution in [3.63, 3.8) is 0 Å². The minimum Gasteiger partial charge on any atom is -0.357 e. The average Bonchev–Trinajstić information content (AvgIpc) is 3.17. The molecule has 30 heavy (non-hydrogen) atoms. The number of piperidine rings is 1. The largest absolute Gasteiger partial charge is 0.434 e. The van der Waals surface area contributed by atoms with Crippen molar-refractivity contribution < 1.29 is 18.0 Å². The molecular formula is C19H31F3N6OS. The van der Waals surface area contributed by atoms with Crippen LogP contribution in [0.25, 0.3) is 0 Å². The van der Waals surface area contributed by atoms with Crippen LogP contribution in [-0.2, 0) is 17.4 Å². The smallest absolute Gasteiger partial charge is 0.357 e. The van der Waals surface area contributed by atoms with E-state index in [1.54, 1.807) is 0 Å². The summed E-state index contributed by atoms with van der Waals surface area (Å²) in [6.07, 6.45) is -1.32. The first-order valence-electron chi connectivity index (χ1n) is 10.4. The number of nitrogens with one attached hydrogen (secondary N) is 3. The van der Waals surface area contributed by atoms with Crippen LogP contribution < -0.4 is 16.0 Å². The van der Waals surface area contributed by atoms with E-state index in [2.05, 4.69) is 30.8 Å². The summed E-state index contributed by atoms with van der Waals surface area (Å²) in [6.45, 7) is 7.83. The minimum absolute atomic E-state index is 0.0639. The van der Waals surface area contributed by atoms with Crippen LogP contribution in [0.4, 0.5) is 13.2 Å². The van der Waals surface area contributed by atoms with Crippen LogP contribution in [0, 0.1) is 0 Å². The summed E-state index contributed by atoms with van der Waals surface area (Å²) in [5.41, 5.74) is -0.841. The first-order valence-corrected chi connectivity index (χ1v) is 11.2. The summed E-state index contributed by atoms with van der Waals surface area (Å²) < 4.78 is 37.9. The summed E-state index contributed by atoms with van der Waals surface area (Å²) in [4.78, 5) is 22.1. The van der Waals surface area contributed by atoms with Crippen LogP contribution in [0.3, 0.4) is 0 Å². The molecule has 1 aliphatic rings. The number of halogens is 3. The summed E-state index contributed by atoms with van der Waals surface area (Å²) >= 11 is 1.01. The van der Waals surface area contributed by atoms with Crippen molar-refractivity contribution >= 4 is 23.2 Å². The van der Waals surface area contributed by atoms with E-state index < -0.39 is 11.9 Å². The second kappa shape index (κ2) is 12.1. The third-order valence-electron chi connectivity index (χ3n) is 4.65. The monoisotopic (exact) mass is 448 g/mol. The van der Waals surface area contributed by atoms with Crippen molar-refractivity contribution in [2.75, 3.05) is 39.3 Å². The maximum Gasteiger partial charge on any atom is 0.434 e. The normalized spacial score (nSPS) is 16.5. The highest BCUT2D eigenvalue weighted by atomic mass is 32.1. The molecule has 1 aliphatic heterocycles. The minimum atomic E-state index is -4.40. The number of alkyl halides is 3. The van der Waals surface area contributed by atoms with Crippen LogP contribution in [0.2, 0.25) is 0 Å².